The van der Waals surface area contributed by atoms with Crippen LogP contribution in [-0.2, 0) is 0 Å². The lowest BCUT2D eigenvalue weighted by Crippen LogP contribution is -2.11. The summed E-state index contributed by atoms with van der Waals surface area (Å²) in [4.78, 5) is 13.1. The van der Waals surface area contributed by atoms with E-state index < -0.39 is 0 Å². The van der Waals surface area contributed by atoms with Gasteiger partial charge in [0.2, 0.25) is 0 Å². The summed E-state index contributed by atoms with van der Waals surface area (Å²) in [5.41, 5.74) is 5.98. The van der Waals surface area contributed by atoms with E-state index in [1.54, 1.807) is 12.1 Å². The number of hydrogen-bond acceptors (Lipinski definition) is 2. The Morgan fingerprint density at radius 3 is 1.62 bits per heavy atom. The smallest absolute Gasteiger partial charge is 0.194 e. The minimum absolute atomic E-state index is 0.0933. The summed E-state index contributed by atoms with van der Waals surface area (Å²) in [7, 11) is 0. The molecular formula is C24H20O2. The molecule has 0 spiro atoms. The Hall–Kier alpha value is -3.13. The molecule has 26 heavy (non-hydrogen) atoms. The van der Waals surface area contributed by atoms with Gasteiger partial charge in [-0.25, -0.2) is 0 Å². The molecule has 0 saturated carbocycles. The second-order valence-electron chi connectivity index (χ2n) is 6.89. The summed E-state index contributed by atoms with van der Waals surface area (Å²) >= 11 is 0. The molecular weight excluding hydrogens is 320 g/mol. The molecule has 0 aliphatic heterocycles. The molecule has 0 fully saturated rings. The highest BCUT2D eigenvalue weighted by Gasteiger charge is 2.35. The fourth-order valence-electron chi connectivity index (χ4n) is 3.60. The number of fused-ring (bicyclic) bond motifs is 1. The lowest BCUT2D eigenvalue weighted by atomic mass is 9.82. The van der Waals surface area contributed by atoms with E-state index in [-0.39, 0.29) is 17.5 Å². The molecule has 0 radical (unpaired) electrons. The zero-order valence-electron chi connectivity index (χ0n) is 14.9. The zero-order valence-corrected chi connectivity index (χ0v) is 14.9. The molecule has 1 N–H and O–H groups in total. The second-order valence-corrected chi connectivity index (χ2v) is 6.89. The highest BCUT2D eigenvalue weighted by Crippen LogP contribution is 2.42. The van der Waals surface area contributed by atoms with Crippen molar-refractivity contribution in [3.63, 3.8) is 0 Å². The molecule has 1 aliphatic carbocycles. The fraction of sp³-hybridized carbons (Fsp3) is 0.125. The molecule has 2 nitrogen and oxygen atoms in total. The molecule has 2 heteroatoms. The number of Topliss-reactive ketones (excluding diaryl/α,β-unsaturated/α-hetero) is 1. The Bertz CT molecular complexity index is 963. The third-order valence-corrected chi connectivity index (χ3v) is 5.04. The van der Waals surface area contributed by atoms with Crippen molar-refractivity contribution < 1.29 is 9.90 Å². The van der Waals surface area contributed by atoms with Crippen molar-refractivity contribution in [3.05, 3.63) is 112 Å². The van der Waals surface area contributed by atoms with Crippen LogP contribution in [0.4, 0.5) is 0 Å². The topological polar surface area (TPSA) is 37.3 Å². The highest BCUT2D eigenvalue weighted by atomic mass is 16.3. The largest absolute Gasteiger partial charge is 0.507 e. The number of aryl methyl sites for hydroxylation is 2. The average Bonchev–Trinajstić information content (AvgIpc) is 2.90. The lowest BCUT2D eigenvalue weighted by Gasteiger charge is -2.20. The number of aliphatic hydroxyl groups is 1. The summed E-state index contributed by atoms with van der Waals surface area (Å²) in [5, 5.41) is 10.9. The van der Waals surface area contributed by atoms with Crippen molar-refractivity contribution >= 4 is 11.5 Å². The van der Waals surface area contributed by atoms with E-state index in [4.69, 9.17) is 0 Å². The number of carbonyl (C=O) groups is 1. The molecule has 4 rings (SSSR count). The Labute approximate surface area is 153 Å². The van der Waals surface area contributed by atoms with Crippen LogP contribution in [0.2, 0.25) is 0 Å². The molecule has 0 atom stereocenters. The van der Waals surface area contributed by atoms with Gasteiger partial charge in [0, 0.05) is 17.0 Å². The number of ketones is 1. The van der Waals surface area contributed by atoms with Crippen LogP contribution in [0.3, 0.4) is 0 Å². The molecule has 0 unspecified atom stereocenters. The van der Waals surface area contributed by atoms with Crippen molar-refractivity contribution in [2.24, 2.45) is 0 Å². The first-order valence-corrected chi connectivity index (χ1v) is 8.76. The summed E-state index contributed by atoms with van der Waals surface area (Å²) in [6.07, 6.45) is 0. The van der Waals surface area contributed by atoms with Crippen LogP contribution in [0.15, 0.2) is 78.4 Å². The van der Waals surface area contributed by atoms with Crippen molar-refractivity contribution in [2.75, 3.05) is 0 Å². The van der Waals surface area contributed by atoms with Crippen LogP contribution in [0.5, 0.6) is 0 Å². The van der Waals surface area contributed by atoms with Crippen molar-refractivity contribution in [1.82, 2.24) is 0 Å². The van der Waals surface area contributed by atoms with E-state index in [9.17, 15) is 9.90 Å². The third-order valence-electron chi connectivity index (χ3n) is 5.04. The third kappa shape index (κ3) is 2.64. The van der Waals surface area contributed by atoms with Gasteiger partial charge in [-0.3, -0.25) is 4.79 Å². The van der Waals surface area contributed by atoms with Crippen molar-refractivity contribution in [3.8, 4) is 0 Å². The minimum Gasteiger partial charge on any atom is -0.507 e. The Kier molecular flexibility index (Phi) is 3.96. The Morgan fingerprint density at radius 1 is 0.692 bits per heavy atom. The van der Waals surface area contributed by atoms with Gasteiger partial charge in [0.15, 0.2) is 5.78 Å². The number of hydrogen-bond donors (Lipinski definition) is 1. The van der Waals surface area contributed by atoms with Gasteiger partial charge < -0.3 is 5.11 Å². The first kappa shape index (κ1) is 16.3. The van der Waals surface area contributed by atoms with Crippen LogP contribution in [0, 0.1) is 13.8 Å². The maximum Gasteiger partial charge on any atom is 0.194 e. The maximum atomic E-state index is 13.1. The molecule has 128 valence electrons. The average molecular weight is 340 g/mol. The van der Waals surface area contributed by atoms with Gasteiger partial charge in [-0.2, -0.15) is 0 Å². The molecule has 0 heterocycles. The summed E-state index contributed by atoms with van der Waals surface area (Å²) in [5.74, 6) is -0.294. The molecule has 3 aromatic carbocycles. The van der Waals surface area contributed by atoms with Crippen LogP contribution >= 0.6 is 0 Å². The van der Waals surface area contributed by atoms with Crippen LogP contribution in [0.25, 0.3) is 5.76 Å². The van der Waals surface area contributed by atoms with Gasteiger partial charge in [0.1, 0.15) is 5.76 Å². The Balaban J connectivity index is 1.92. The van der Waals surface area contributed by atoms with E-state index in [0.717, 1.165) is 22.3 Å². The van der Waals surface area contributed by atoms with E-state index in [2.05, 4.69) is 0 Å². The number of carbonyl (C=O) groups excluding carboxylic acids is 1. The highest BCUT2D eigenvalue weighted by molar-refractivity contribution is 6.20. The zero-order chi connectivity index (χ0) is 18.3. The molecule has 3 aromatic rings. The van der Waals surface area contributed by atoms with Crippen molar-refractivity contribution in [2.45, 2.75) is 19.8 Å². The normalized spacial score (nSPS) is 13.4. The monoisotopic (exact) mass is 340 g/mol. The number of aliphatic hydroxyl groups excluding tert-OH is 1. The van der Waals surface area contributed by atoms with Crippen LogP contribution < -0.4 is 0 Å². The van der Waals surface area contributed by atoms with Gasteiger partial charge >= 0.3 is 0 Å². The second kappa shape index (κ2) is 6.30. The standard InChI is InChI=1S/C24H20O2/c1-15-7-11-17(12-8-15)21(18-13-9-16(2)10-14-18)22-23(25)19-5-3-4-6-20(19)24(22)26/h3-14,21,25H,1-2H3. The quantitative estimate of drug-likeness (QED) is 0.674. The van der Waals surface area contributed by atoms with Gasteiger partial charge in [-0.05, 0) is 25.0 Å². The predicted octanol–water partition coefficient (Wildman–Crippen LogP) is 5.60. The summed E-state index contributed by atoms with van der Waals surface area (Å²) in [6.45, 7) is 4.08. The SMILES string of the molecule is Cc1ccc(C(C2=C(O)c3ccccc3C2=O)c2ccc(C)cc2)cc1. The van der Waals surface area contributed by atoms with E-state index >= 15 is 0 Å². The lowest BCUT2D eigenvalue weighted by molar-refractivity contribution is 0.103. The fourth-order valence-corrected chi connectivity index (χ4v) is 3.60. The molecule has 0 amide bonds. The van der Waals surface area contributed by atoms with Gasteiger partial charge in [-0.15, -0.1) is 0 Å². The van der Waals surface area contributed by atoms with Gasteiger partial charge in [-0.1, -0.05) is 83.9 Å². The number of allylic oxidation sites excluding steroid dienone is 1. The molecule has 1 aliphatic rings. The maximum absolute atomic E-state index is 13.1. The molecule has 0 aromatic heterocycles. The van der Waals surface area contributed by atoms with E-state index in [1.807, 2.05) is 74.5 Å². The number of benzene rings is 3. The number of rotatable bonds is 3. The van der Waals surface area contributed by atoms with Crippen LogP contribution in [0.1, 0.15) is 44.1 Å². The molecule has 0 saturated heterocycles. The van der Waals surface area contributed by atoms with Crippen LogP contribution in [-0.4, -0.2) is 10.9 Å². The first-order chi connectivity index (χ1) is 12.6. The minimum atomic E-state index is -0.295. The summed E-state index contributed by atoms with van der Waals surface area (Å²) < 4.78 is 0. The molecule has 0 bridgehead atoms. The Morgan fingerprint density at radius 2 is 1.15 bits per heavy atom. The van der Waals surface area contributed by atoms with Gasteiger partial charge in [0.05, 0.1) is 5.57 Å². The van der Waals surface area contributed by atoms with E-state index in [0.29, 0.717) is 16.7 Å². The summed E-state index contributed by atoms with van der Waals surface area (Å²) in [6, 6.07) is 23.6. The van der Waals surface area contributed by atoms with E-state index in [1.165, 1.54) is 0 Å². The predicted molar refractivity (Wildman–Crippen MR) is 105 cm³/mol. The first-order valence-electron chi connectivity index (χ1n) is 8.76. The van der Waals surface area contributed by atoms with Crippen molar-refractivity contribution in [1.29, 1.82) is 0 Å². The van der Waals surface area contributed by atoms with Gasteiger partial charge in [0.25, 0.3) is 0 Å².